The van der Waals surface area contributed by atoms with Gasteiger partial charge in [0, 0.05) is 57.0 Å². The Balaban J connectivity index is 1.57. The molecule has 3 rings (SSSR count). The lowest BCUT2D eigenvalue weighted by Crippen LogP contribution is -2.45. The lowest BCUT2D eigenvalue weighted by Gasteiger charge is -2.35. The van der Waals surface area contributed by atoms with E-state index in [0.29, 0.717) is 0 Å². The Hall–Kier alpha value is -2.64. The summed E-state index contributed by atoms with van der Waals surface area (Å²) in [7, 11) is 3.31. The molecule has 7 heteroatoms. The topological polar surface area (TPSA) is 68.1 Å². The number of nitro benzene ring substituents is 1. The van der Waals surface area contributed by atoms with Crippen molar-refractivity contribution in [3.8, 4) is 11.5 Å². The van der Waals surface area contributed by atoms with Gasteiger partial charge in [-0.25, -0.2) is 0 Å². The number of benzene rings is 2. The van der Waals surface area contributed by atoms with Crippen LogP contribution in [0, 0.1) is 10.1 Å². The quantitative estimate of drug-likeness (QED) is 0.551. The second-order valence-electron chi connectivity index (χ2n) is 6.63. The molecule has 1 heterocycles. The molecule has 0 unspecified atom stereocenters. The van der Waals surface area contributed by atoms with Gasteiger partial charge in [-0.2, -0.15) is 0 Å². The predicted molar refractivity (Wildman–Crippen MR) is 103 cm³/mol. The van der Waals surface area contributed by atoms with Gasteiger partial charge in [-0.1, -0.05) is 24.3 Å². The Morgan fingerprint density at radius 1 is 0.963 bits per heavy atom. The van der Waals surface area contributed by atoms with Crippen molar-refractivity contribution in [3.63, 3.8) is 0 Å². The van der Waals surface area contributed by atoms with Crippen molar-refractivity contribution in [2.45, 2.75) is 13.1 Å². The maximum atomic E-state index is 10.9. The number of nitrogens with zero attached hydrogens (tertiary/aromatic N) is 3. The van der Waals surface area contributed by atoms with E-state index in [9.17, 15) is 10.1 Å². The Kier molecular flexibility index (Phi) is 6.26. The number of rotatable bonds is 7. The van der Waals surface area contributed by atoms with E-state index in [2.05, 4.69) is 15.9 Å². The zero-order chi connectivity index (χ0) is 19.2. The summed E-state index contributed by atoms with van der Waals surface area (Å²) in [5.74, 6) is 1.54. The number of non-ortho nitro benzene ring substituents is 1. The minimum atomic E-state index is -0.344. The molecular weight excluding hydrogens is 346 g/mol. The molecule has 1 fully saturated rings. The van der Waals surface area contributed by atoms with Crippen LogP contribution in [-0.4, -0.2) is 55.1 Å². The highest BCUT2D eigenvalue weighted by atomic mass is 16.6. The molecule has 0 aliphatic carbocycles. The molecule has 0 amide bonds. The molecule has 1 saturated heterocycles. The molecule has 0 spiro atoms. The van der Waals surface area contributed by atoms with Crippen molar-refractivity contribution >= 4 is 5.69 Å². The van der Waals surface area contributed by atoms with Crippen LogP contribution in [-0.2, 0) is 13.1 Å². The van der Waals surface area contributed by atoms with Crippen molar-refractivity contribution in [2.75, 3.05) is 40.4 Å². The Morgan fingerprint density at radius 3 is 2.26 bits per heavy atom. The van der Waals surface area contributed by atoms with Crippen molar-refractivity contribution < 1.29 is 14.4 Å². The molecule has 0 radical (unpaired) electrons. The van der Waals surface area contributed by atoms with Crippen molar-refractivity contribution in [1.29, 1.82) is 0 Å². The number of para-hydroxylation sites is 1. The number of piperazine rings is 1. The highest BCUT2D eigenvalue weighted by Crippen LogP contribution is 2.31. The first-order chi connectivity index (χ1) is 13.1. The molecule has 0 atom stereocenters. The van der Waals surface area contributed by atoms with E-state index in [4.69, 9.17) is 9.47 Å². The summed E-state index contributed by atoms with van der Waals surface area (Å²) in [6, 6.07) is 12.8. The molecule has 0 saturated carbocycles. The summed E-state index contributed by atoms with van der Waals surface area (Å²) in [5.41, 5.74) is 2.24. The molecule has 7 nitrogen and oxygen atoms in total. The molecular formula is C20H25N3O4. The van der Waals surface area contributed by atoms with Crippen LogP contribution in [0.3, 0.4) is 0 Å². The largest absolute Gasteiger partial charge is 0.493 e. The summed E-state index contributed by atoms with van der Waals surface area (Å²) >= 11 is 0. The van der Waals surface area contributed by atoms with Crippen LogP contribution in [0.1, 0.15) is 11.1 Å². The fourth-order valence-corrected chi connectivity index (χ4v) is 3.45. The standard InChI is InChI=1S/C20H25N3O4/c1-26-19-8-4-6-17(20(19)27-2)15-22-11-9-21(10-12-22)14-16-5-3-7-18(13-16)23(24)25/h3-8,13H,9-12,14-15H2,1-2H3. The van der Waals surface area contributed by atoms with E-state index in [1.807, 2.05) is 18.2 Å². The Morgan fingerprint density at radius 2 is 1.63 bits per heavy atom. The fraction of sp³-hybridized carbons (Fsp3) is 0.400. The minimum absolute atomic E-state index is 0.149. The van der Waals surface area contributed by atoms with Crippen LogP contribution in [0.4, 0.5) is 5.69 Å². The zero-order valence-electron chi connectivity index (χ0n) is 15.8. The molecule has 0 bridgehead atoms. The molecule has 144 valence electrons. The first kappa shape index (κ1) is 19.1. The Bertz CT molecular complexity index is 789. The van der Waals surface area contributed by atoms with Gasteiger partial charge >= 0.3 is 0 Å². The van der Waals surface area contributed by atoms with E-state index in [-0.39, 0.29) is 10.6 Å². The number of nitro groups is 1. The average Bonchev–Trinajstić information content (AvgIpc) is 2.69. The lowest BCUT2D eigenvalue weighted by molar-refractivity contribution is -0.384. The van der Waals surface area contributed by atoms with Gasteiger partial charge in [0.25, 0.3) is 5.69 Å². The number of methoxy groups -OCH3 is 2. The molecule has 0 N–H and O–H groups in total. The fourth-order valence-electron chi connectivity index (χ4n) is 3.45. The van der Waals surface area contributed by atoms with Gasteiger partial charge in [0.05, 0.1) is 19.1 Å². The summed E-state index contributed by atoms with van der Waals surface area (Å²) in [6.45, 7) is 5.28. The maximum absolute atomic E-state index is 10.9. The van der Waals surface area contributed by atoms with E-state index in [1.165, 1.54) is 6.07 Å². The first-order valence-corrected chi connectivity index (χ1v) is 8.98. The molecule has 27 heavy (non-hydrogen) atoms. The highest BCUT2D eigenvalue weighted by molar-refractivity contribution is 5.46. The minimum Gasteiger partial charge on any atom is -0.493 e. The third kappa shape index (κ3) is 4.75. The molecule has 1 aliphatic rings. The van der Waals surface area contributed by atoms with Crippen LogP contribution in [0.5, 0.6) is 11.5 Å². The molecule has 0 aromatic heterocycles. The Labute approximate surface area is 159 Å². The summed E-state index contributed by atoms with van der Waals surface area (Å²) in [6.07, 6.45) is 0. The SMILES string of the molecule is COc1cccc(CN2CCN(Cc3cccc([N+](=O)[O-])c3)CC2)c1OC. The van der Waals surface area contributed by atoms with Gasteiger partial charge in [-0.15, -0.1) is 0 Å². The highest BCUT2D eigenvalue weighted by Gasteiger charge is 2.20. The van der Waals surface area contributed by atoms with Gasteiger partial charge in [0.15, 0.2) is 11.5 Å². The zero-order valence-corrected chi connectivity index (χ0v) is 15.8. The molecule has 2 aromatic rings. The monoisotopic (exact) mass is 371 g/mol. The summed E-state index contributed by atoms with van der Waals surface area (Å²) in [5, 5.41) is 10.9. The second-order valence-corrected chi connectivity index (χ2v) is 6.63. The maximum Gasteiger partial charge on any atom is 0.269 e. The average molecular weight is 371 g/mol. The van der Waals surface area contributed by atoms with E-state index in [0.717, 1.165) is 61.9 Å². The second kappa shape index (κ2) is 8.83. The van der Waals surface area contributed by atoms with Gasteiger partial charge in [-0.05, 0) is 11.6 Å². The van der Waals surface area contributed by atoms with E-state index < -0.39 is 0 Å². The predicted octanol–water partition coefficient (Wildman–Crippen LogP) is 2.93. The van der Waals surface area contributed by atoms with Gasteiger partial charge in [0.1, 0.15) is 0 Å². The number of hydrogen-bond acceptors (Lipinski definition) is 6. The lowest BCUT2D eigenvalue weighted by atomic mass is 10.1. The summed E-state index contributed by atoms with van der Waals surface area (Å²) in [4.78, 5) is 15.3. The van der Waals surface area contributed by atoms with E-state index in [1.54, 1.807) is 26.4 Å². The third-order valence-corrected chi connectivity index (χ3v) is 4.87. The molecule has 2 aromatic carbocycles. The normalized spacial score (nSPS) is 15.5. The van der Waals surface area contributed by atoms with E-state index >= 15 is 0 Å². The number of hydrogen-bond donors (Lipinski definition) is 0. The van der Waals surface area contributed by atoms with Gasteiger partial charge < -0.3 is 9.47 Å². The third-order valence-electron chi connectivity index (χ3n) is 4.87. The van der Waals surface area contributed by atoms with Crippen LogP contribution < -0.4 is 9.47 Å². The van der Waals surface area contributed by atoms with Crippen molar-refractivity contribution in [2.24, 2.45) is 0 Å². The first-order valence-electron chi connectivity index (χ1n) is 8.98. The van der Waals surface area contributed by atoms with Crippen LogP contribution in [0.25, 0.3) is 0 Å². The van der Waals surface area contributed by atoms with Crippen LogP contribution in [0.15, 0.2) is 42.5 Å². The smallest absolute Gasteiger partial charge is 0.269 e. The van der Waals surface area contributed by atoms with Gasteiger partial charge in [0.2, 0.25) is 0 Å². The molecule has 1 aliphatic heterocycles. The number of ether oxygens (including phenoxy) is 2. The van der Waals surface area contributed by atoms with Crippen LogP contribution >= 0.6 is 0 Å². The van der Waals surface area contributed by atoms with Crippen molar-refractivity contribution in [3.05, 3.63) is 63.7 Å². The van der Waals surface area contributed by atoms with Crippen LogP contribution in [0.2, 0.25) is 0 Å². The summed E-state index contributed by atoms with van der Waals surface area (Å²) < 4.78 is 10.9. The van der Waals surface area contributed by atoms with Gasteiger partial charge in [-0.3, -0.25) is 19.9 Å². The van der Waals surface area contributed by atoms with Crippen molar-refractivity contribution in [1.82, 2.24) is 9.80 Å².